The molecule has 21 heavy (non-hydrogen) atoms. The number of rotatable bonds is 5. The van der Waals surface area contributed by atoms with Crippen molar-refractivity contribution < 1.29 is 9.59 Å². The van der Waals surface area contributed by atoms with Gasteiger partial charge in [0.05, 0.1) is 0 Å². The number of nitrogens with zero attached hydrogens (tertiary/aromatic N) is 2. The van der Waals surface area contributed by atoms with Crippen molar-refractivity contribution in [3.8, 4) is 0 Å². The first-order valence-electron chi connectivity index (χ1n) is 8.31. The minimum atomic E-state index is -0.278. The molecule has 2 amide bonds. The number of amides is 2. The summed E-state index contributed by atoms with van der Waals surface area (Å²) in [7, 11) is 4.08. The van der Waals surface area contributed by atoms with Crippen LogP contribution in [0, 0.1) is 5.92 Å². The van der Waals surface area contributed by atoms with Crippen LogP contribution in [0.3, 0.4) is 0 Å². The largest absolute Gasteiger partial charge is 0.344 e. The van der Waals surface area contributed by atoms with E-state index < -0.39 is 0 Å². The topological polar surface area (TPSA) is 52.6 Å². The van der Waals surface area contributed by atoms with Crippen LogP contribution in [0.4, 0.5) is 0 Å². The van der Waals surface area contributed by atoms with Crippen molar-refractivity contribution in [2.75, 3.05) is 33.7 Å². The Kier molecular flexibility index (Phi) is 6.03. The van der Waals surface area contributed by atoms with Crippen LogP contribution in [0.15, 0.2) is 0 Å². The Bertz CT molecular complexity index is 365. The van der Waals surface area contributed by atoms with Crippen molar-refractivity contribution in [1.82, 2.24) is 15.1 Å². The molecule has 1 unspecified atom stereocenters. The van der Waals surface area contributed by atoms with Gasteiger partial charge >= 0.3 is 0 Å². The fourth-order valence-corrected chi connectivity index (χ4v) is 3.44. The lowest BCUT2D eigenvalue weighted by Crippen LogP contribution is -2.49. The average molecular weight is 295 g/mol. The molecule has 1 saturated carbocycles. The lowest BCUT2D eigenvalue weighted by molar-refractivity contribution is -0.135. The van der Waals surface area contributed by atoms with Crippen molar-refractivity contribution in [2.45, 2.75) is 51.0 Å². The molecule has 2 aliphatic rings. The Balaban J connectivity index is 1.97. The van der Waals surface area contributed by atoms with Crippen LogP contribution < -0.4 is 5.32 Å². The summed E-state index contributed by atoms with van der Waals surface area (Å²) in [6.07, 6.45) is 7.18. The highest BCUT2D eigenvalue weighted by molar-refractivity contribution is 5.90. The molecule has 0 aromatic carbocycles. The van der Waals surface area contributed by atoms with E-state index in [1.54, 1.807) is 0 Å². The summed E-state index contributed by atoms with van der Waals surface area (Å²) in [6.45, 7) is 2.30. The van der Waals surface area contributed by atoms with Gasteiger partial charge in [-0.25, -0.2) is 0 Å². The van der Waals surface area contributed by atoms with Gasteiger partial charge in [0.25, 0.3) is 0 Å². The van der Waals surface area contributed by atoms with Gasteiger partial charge in [-0.1, -0.05) is 19.3 Å². The highest BCUT2D eigenvalue weighted by Gasteiger charge is 2.35. The van der Waals surface area contributed by atoms with Gasteiger partial charge in [-0.15, -0.1) is 0 Å². The van der Waals surface area contributed by atoms with Gasteiger partial charge in [-0.2, -0.15) is 0 Å². The normalized spacial score (nSPS) is 25.1. The van der Waals surface area contributed by atoms with Gasteiger partial charge in [0.1, 0.15) is 6.04 Å². The molecule has 1 saturated heterocycles. The monoisotopic (exact) mass is 295 g/mol. The van der Waals surface area contributed by atoms with Crippen molar-refractivity contribution in [2.24, 2.45) is 5.92 Å². The molecule has 2 rings (SSSR count). The van der Waals surface area contributed by atoms with E-state index in [0.717, 1.165) is 32.4 Å². The van der Waals surface area contributed by atoms with Gasteiger partial charge in [-0.3, -0.25) is 9.59 Å². The maximum absolute atomic E-state index is 12.8. The minimum absolute atomic E-state index is 0.0361. The van der Waals surface area contributed by atoms with E-state index in [1.165, 1.54) is 19.3 Å². The Labute approximate surface area is 128 Å². The highest BCUT2D eigenvalue weighted by atomic mass is 16.2. The number of nitrogens with one attached hydrogen (secondary N) is 1. The fourth-order valence-electron chi connectivity index (χ4n) is 3.44. The number of hydrogen-bond acceptors (Lipinski definition) is 3. The Morgan fingerprint density at radius 2 is 1.90 bits per heavy atom. The summed E-state index contributed by atoms with van der Waals surface area (Å²) in [5, 5.41) is 2.99. The lowest BCUT2D eigenvalue weighted by atomic mass is 9.83. The first kappa shape index (κ1) is 16.3. The SMILES string of the molecule is CN(C)CCCN1CCC(=O)NC(C2CCCCC2)C1=O. The Morgan fingerprint density at radius 3 is 2.57 bits per heavy atom. The van der Waals surface area contributed by atoms with Crippen LogP contribution in [0.25, 0.3) is 0 Å². The van der Waals surface area contributed by atoms with Crippen LogP contribution >= 0.6 is 0 Å². The molecule has 0 spiro atoms. The molecule has 2 fully saturated rings. The molecule has 1 atom stereocenters. The molecule has 1 heterocycles. The number of carbonyl (C=O) groups is 2. The van der Waals surface area contributed by atoms with E-state index in [0.29, 0.717) is 18.9 Å². The zero-order valence-corrected chi connectivity index (χ0v) is 13.4. The van der Waals surface area contributed by atoms with Crippen LogP contribution in [0.2, 0.25) is 0 Å². The molecule has 5 nitrogen and oxygen atoms in total. The summed E-state index contributed by atoms with van der Waals surface area (Å²) in [5.74, 6) is 0.519. The smallest absolute Gasteiger partial charge is 0.245 e. The molecule has 1 aliphatic heterocycles. The second kappa shape index (κ2) is 7.78. The minimum Gasteiger partial charge on any atom is -0.344 e. The predicted octanol–water partition coefficient (Wildman–Crippen LogP) is 1.24. The summed E-state index contributed by atoms with van der Waals surface area (Å²) in [6, 6.07) is -0.278. The third-order valence-electron chi connectivity index (χ3n) is 4.66. The molecular formula is C16H29N3O2. The summed E-state index contributed by atoms with van der Waals surface area (Å²) in [5.41, 5.74) is 0. The molecule has 0 aromatic heterocycles. The molecule has 0 bridgehead atoms. The van der Waals surface area contributed by atoms with Crippen LogP contribution in [-0.4, -0.2) is 61.4 Å². The van der Waals surface area contributed by atoms with Crippen LogP contribution in [0.1, 0.15) is 44.9 Å². The maximum atomic E-state index is 12.8. The molecular weight excluding hydrogens is 266 g/mol. The quantitative estimate of drug-likeness (QED) is 0.830. The van der Waals surface area contributed by atoms with E-state index in [9.17, 15) is 9.59 Å². The summed E-state index contributed by atoms with van der Waals surface area (Å²) >= 11 is 0. The first-order valence-corrected chi connectivity index (χ1v) is 8.31. The second-order valence-corrected chi connectivity index (χ2v) is 6.68. The molecule has 1 aliphatic carbocycles. The van der Waals surface area contributed by atoms with Crippen LogP contribution in [0.5, 0.6) is 0 Å². The molecule has 0 radical (unpaired) electrons. The summed E-state index contributed by atoms with van der Waals surface area (Å²) in [4.78, 5) is 28.7. The average Bonchev–Trinajstić information content (AvgIpc) is 2.61. The van der Waals surface area contributed by atoms with E-state index in [-0.39, 0.29) is 17.9 Å². The Hall–Kier alpha value is -1.10. The van der Waals surface area contributed by atoms with E-state index in [2.05, 4.69) is 10.2 Å². The zero-order valence-electron chi connectivity index (χ0n) is 13.4. The summed E-state index contributed by atoms with van der Waals surface area (Å²) < 4.78 is 0. The van der Waals surface area contributed by atoms with E-state index >= 15 is 0 Å². The molecule has 5 heteroatoms. The van der Waals surface area contributed by atoms with E-state index in [4.69, 9.17) is 0 Å². The molecule has 0 aromatic rings. The fraction of sp³-hybridized carbons (Fsp3) is 0.875. The van der Waals surface area contributed by atoms with Gasteiger partial charge in [0.15, 0.2) is 0 Å². The molecule has 1 N–H and O–H groups in total. The predicted molar refractivity (Wildman–Crippen MR) is 82.9 cm³/mol. The van der Waals surface area contributed by atoms with Gasteiger partial charge in [0.2, 0.25) is 11.8 Å². The molecule has 120 valence electrons. The standard InChI is InChI=1S/C16H29N3O2/c1-18(2)10-6-11-19-12-9-14(20)17-15(16(19)21)13-7-4-3-5-8-13/h13,15H,3-12H2,1-2H3,(H,17,20). The number of carbonyl (C=O) groups excluding carboxylic acids is 2. The number of hydrogen-bond donors (Lipinski definition) is 1. The van der Waals surface area contributed by atoms with Crippen LogP contribution in [-0.2, 0) is 9.59 Å². The third kappa shape index (κ3) is 4.70. The van der Waals surface area contributed by atoms with Gasteiger partial charge < -0.3 is 15.1 Å². The zero-order chi connectivity index (χ0) is 15.2. The second-order valence-electron chi connectivity index (χ2n) is 6.68. The third-order valence-corrected chi connectivity index (χ3v) is 4.66. The lowest BCUT2D eigenvalue weighted by Gasteiger charge is -2.31. The maximum Gasteiger partial charge on any atom is 0.245 e. The Morgan fingerprint density at radius 1 is 1.19 bits per heavy atom. The van der Waals surface area contributed by atoms with Crippen molar-refractivity contribution in [1.29, 1.82) is 0 Å². The van der Waals surface area contributed by atoms with Gasteiger partial charge in [-0.05, 0) is 45.8 Å². The van der Waals surface area contributed by atoms with Crippen molar-refractivity contribution in [3.63, 3.8) is 0 Å². The highest BCUT2D eigenvalue weighted by Crippen LogP contribution is 2.28. The van der Waals surface area contributed by atoms with Gasteiger partial charge in [0, 0.05) is 19.5 Å². The van der Waals surface area contributed by atoms with E-state index in [1.807, 2.05) is 19.0 Å². The first-order chi connectivity index (χ1) is 10.1. The van der Waals surface area contributed by atoms with Crippen molar-refractivity contribution in [3.05, 3.63) is 0 Å². The van der Waals surface area contributed by atoms with Crippen molar-refractivity contribution >= 4 is 11.8 Å².